The van der Waals surface area contributed by atoms with E-state index in [1.807, 2.05) is 0 Å². The zero-order chi connectivity index (χ0) is 18.6. The molecule has 0 unspecified atom stereocenters. The number of hydrogen-bond acceptors (Lipinski definition) is 5. The number of phenolic OH excluding ortho intramolecular Hbond substituents is 1. The van der Waals surface area contributed by atoms with Crippen LogP contribution in [0.3, 0.4) is 0 Å². The van der Waals surface area contributed by atoms with E-state index in [2.05, 4.69) is 21.2 Å². The predicted octanol–water partition coefficient (Wildman–Crippen LogP) is 3.10. The number of carbonyl (C=O) groups is 1. The topological polar surface area (TPSA) is 92.7 Å². The summed E-state index contributed by atoms with van der Waals surface area (Å²) >= 11 is 3.11. The van der Waals surface area contributed by atoms with Crippen LogP contribution in [0.1, 0.15) is 6.92 Å². The van der Waals surface area contributed by atoms with E-state index < -0.39 is 28.2 Å². The molecule has 9 heteroatoms. The van der Waals surface area contributed by atoms with E-state index in [1.54, 1.807) is 0 Å². The Labute approximate surface area is 152 Å². The van der Waals surface area contributed by atoms with Crippen molar-refractivity contribution in [1.29, 1.82) is 0 Å². The van der Waals surface area contributed by atoms with Gasteiger partial charge in [0.25, 0.3) is 5.91 Å². The summed E-state index contributed by atoms with van der Waals surface area (Å²) < 4.78 is 42.3. The first kappa shape index (κ1) is 19.2. The van der Waals surface area contributed by atoms with Crippen LogP contribution in [0.4, 0.5) is 10.1 Å². The summed E-state index contributed by atoms with van der Waals surface area (Å²) in [5, 5.41) is 12.2. The molecule has 0 aliphatic heterocycles. The number of aromatic hydroxyl groups is 1. The molecule has 0 aliphatic carbocycles. The number of benzene rings is 2. The van der Waals surface area contributed by atoms with Crippen molar-refractivity contribution in [2.75, 3.05) is 17.7 Å². The maximum atomic E-state index is 13.0. The van der Waals surface area contributed by atoms with Gasteiger partial charge in [0.15, 0.2) is 16.4 Å². The van der Waals surface area contributed by atoms with Gasteiger partial charge in [-0.25, -0.2) is 12.8 Å². The van der Waals surface area contributed by atoms with Crippen LogP contribution in [0, 0.1) is 5.82 Å². The number of amides is 1. The van der Waals surface area contributed by atoms with Crippen molar-refractivity contribution < 1.29 is 27.4 Å². The lowest BCUT2D eigenvalue weighted by Crippen LogP contribution is -2.20. The van der Waals surface area contributed by atoms with Crippen LogP contribution < -0.4 is 10.1 Å². The predicted molar refractivity (Wildman–Crippen MR) is 94.1 cm³/mol. The lowest BCUT2D eigenvalue weighted by molar-refractivity contribution is -0.118. The summed E-state index contributed by atoms with van der Waals surface area (Å²) in [7, 11) is -3.47. The lowest BCUT2D eigenvalue weighted by atomic mass is 10.3. The molecule has 0 radical (unpaired) electrons. The van der Waals surface area contributed by atoms with Crippen LogP contribution >= 0.6 is 15.9 Å². The van der Waals surface area contributed by atoms with Gasteiger partial charge in [-0.1, -0.05) is 6.92 Å². The van der Waals surface area contributed by atoms with E-state index in [9.17, 15) is 22.7 Å². The Morgan fingerprint density at radius 3 is 2.64 bits per heavy atom. The van der Waals surface area contributed by atoms with Crippen molar-refractivity contribution in [3.8, 4) is 11.5 Å². The second-order valence-electron chi connectivity index (χ2n) is 4.99. The number of nitrogens with one attached hydrogen (secondary N) is 1. The van der Waals surface area contributed by atoms with E-state index in [0.717, 1.165) is 0 Å². The monoisotopic (exact) mass is 431 g/mol. The highest BCUT2D eigenvalue weighted by Gasteiger charge is 2.15. The van der Waals surface area contributed by atoms with E-state index in [0.29, 0.717) is 4.47 Å². The Morgan fingerprint density at radius 1 is 1.28 bits per heavy atom. The zero-order valence-electron chi connectivity index (χ0n) is 13.1. The fourth-order valence-corrected chi connectivity index (χ4v) is 3.27. The van der Waals surface area contributed by atoms with Gasteiger partial charge in [-0.3, -0.25) is 4.79 Å². The van der Waals surface area contributed by atoms with E-state index in [-0.39, 0.29) is 27.8 Å². The van der Waals surface area contributed by atoms with Gasteiger partial charge >= 0.3 is 0 Å². The van der Waals surface area contributed by atoms with Crippen LogP contribution in [-0.2, 0) is 14.6 Å². The molecule has 25 heavy (non-hydrogen) atoms. The summed E-state index contributed by atoms with van der Waals surface area (Å²) in [5.74, 6) is -1.18. The second kappa shape index (κ2) is 7.83. The molecule has 0 aromatic heterocycles. The minimum Gasteiger partial charge on any atom is -0.506 e. The highest BCUT2D eigenvalue weighted by atomic mass is 79.9. The van der Waals surface area contributed by atoms with Crippen LogP contribution in [-0.4, -0.2) is 31.8 Å². The molecule has 2 aromatic rings. The van der Waals surface area contributed by atoms with Gasteiger partial charge in [0.05, 0.1) is 20.8 Å². The van der Waals surface area contributed by atoms with Crippen molar-refractivity contribution in [3.05, 3.63) is 46.7 Å². The summed E-state index contributed by atoms with van der Waals surface area (Å²) in [6.45, 7) is 1.09. The first-order chi connectivity index (χ1) is 11.7. The number of halogens is 2. The second-order valence-corrected chi connectivity index (χ2v) is 8.13. The van der Waals surface area contributed by atoms with E-state index in [1.165, 1.54) is 43.3 Å². The molecule has 1 amide bonds. The molecule has 0 fully saturated rings. The molecular weight excluding hydrogens is 417 g/mol. The Bertz CT molecular complexity index is 901. The quantitative estimate of drug-likeness (QED) is 0.685. The first-order valence-electron chi connectivity index (χ1n) is 7.16. The molecule has 6 nitrogen and oxygen atoms in total. The number of sulfone groups is 1. The van der Waals surface area contributed by atoms with Crippen molar-refractivity contribution >= 4 is 37.4 Å². The van der Waals surface area contributed by atoms with Crippen LogP contribution in [0.5, 0.6) is 11.5 Å². The van der Waals surface area contributed by atoms with Crippen molar-refractivity contribution in [2.45, 2.75) is 11.8 Å². The third-order valence-electron chi connectivity index (χ3n) is 3.23. The van der Waals surface area contributed by atoms with E-state index in [4.69, 9.17) is 4.74 Å². The average Bonchev–Trinajstić information content (AvgIpc) is 2.56. The Morgan fingerprint density at radius 2 is 2.00 bits per heavy atom. The number of hydrogen-bond donors (Lipinski definition) is 2. The van der Waals surface area contributed by atoms with Gasteiger partial charge < -0.3 is 15.2 Å². The highest BCUT2D eigenvalue weighted by Crippen LogP contribution is 2.28. The normalized spacial score (nSPS) is 11.2. The van der Waals surface area contributed by atoms with E-state index >= 15 is 0 Å². The summed E-state index contributed by atoms with van der Waals surface area (Å²) in [6, 6.07) is 7.37. The number of phenols is 1. The lowest BCUT2D eigenvalue weighted by Gasteiger charge is -2.11. The molecule has 2 rings (SSSR count). The number of ether oxygens (including phenoxy) is 1. The maximum absolute atomic E-state index is 13.0. The largest absolute Gasteiger partial charge is 0.506 e. The third kappa shape index (κ3) is 4.93. The van der Waals surface area contributed by atoms with Crippen LogP contribution in [0.15, 0.2) is 45.8 Å². The molecule has 0 spiro atoms. The smallest absolute Gasteiger partial charge is 0.262 e. The Kier molecular flexibility index (Phi) is 6.02. The Balaban J connectivity index is 2.09. The van der Waals surface area contributed by atoms with Crippen molar-refractivity contribution in [2.24, 2.45) is 0 Å². The fourth-order valence-electron chi connectivity index (χ4n) is 1.90. The van der Waals surface area contributed by atoms with Gasteiger partial charge in [0.2, 0.25) is 0 Å². The van der Waals surface area contributed by atoms with Gasteiger partial charge in [0.1, 0.15) is 17.3 Å². The SMILES string of the molecule is CCS(=O)(=O)c1ccc(O)c(NC(=O)COc2ccc(F)cc2Br)c1. The molecule has 0 atom stereocenters. The maximum Gasteiger partial charge on any atom is 0.262 e. The number of anilines is 1. The first-order valence-corrected chi connectivity index (χ1v) is 9.61. The molecule has 0 heterocycles. The molecular formula is C16H15BrFNO5S. The van der Waals surface area contributed by atoms with Gasteiger partial charge in [0, 0.05) is 0 Å². The molecule has 0 bridgehead atoms. The average molecular weight is 432 g/mol. The fraction of sp³-hybridized carbons (Fsp3) is 0.188. The highest BCUT2D eigenvalue weighted by molar-refractivity contribution is 9.10. The van der Waals surface area contributed by atoms with Crippen LogP contribution in [0.2, 0.25) is 0 Å². The summed E-state index contributed by atoms with van der Waals surface area (Å²) in [4.78, 5) is 12.0. The minimum atomic E-state index is -3.47. The van der Waals surface area contributed by atoms with Gasteiger partial charge in [-0.2, -0.15) is 0 Å². The number of rotatable bonds is 6. The Hall–Kier alpha value is -2.13. The summed E-state index contributed by atoms with van der Waals surface area (Å²) in [5.41, 5.74) is -0.0405. The zero-order valence-corrected chi connectivity index (χ0v) is 15.5. The molecule has 2 aromatic carbocycles. The van der Waals surface area contributed by atoms with Crippen molar-refractivity contribution in [1.82, 2.24) is 0 Å². The molecule has 2 N–H and O–H groups in total. The van der Waals surface area contributed by atoms with Gasteiger partial charge in [-0.15, -0.1) is 0 Å². The standard InChI is InChI=1S/C16H15BrFNO5S/c1-2-25(22,23)11-4-5-14(20)13(8-11)19-16(21)9-24-15-6-3-10(18)7-12(15)17/h3-8,20H,2,9H2,1H3,(H,19,21). The minimum absolute atomic E-state index is 0.00898. The van der Waals surface area contributed by atoms with Gasteiger partial charge in [-0.05, 0) is 52.3 Å². The van der Waals surface area contributed by atoms with Crippen LogP contribution in [0.25, 0.3) is 0 Å². The molecule has 134 valence electrons. The number of carbonyl (C=O) groups excluding carboxylic acids is 1. The van der Waals surface area contributed by atoms with Crippen molar-refractivity contribution in [3.63, 3.8) is 0 Å². The molecule has 0 saturated heterocycles. The summed E-state index contributed by atoms with van der Waals surface area (Å²) in [6.07, 6.45) is 0. The molecule has 0 saturated carbocycles. The third-order valence-corrected chi connectivity index (χ3v) is 5.59. The molecule has 0 aliphatic rings.